The average Bonchev–Trinajstić information content (AvgIpc) is 2.64. The SMILES string of the molecule is C=CCCOCCNc1snc(N)c1S(C)(=O)=O. The van der Waals surface area contributed by atoms with E-state index in [9.17, 15) is 8.42 Å². The Morgan fingerprint density at radius 3 is 2.89 bits per heavy atom. The number of hydrogen-bond donors (Lipinski definition) is 2. The Labute approximate surface area is 111 Å². The van der Waals surface area contributed by atoms with Gasteiger partial charge in [-0.25, -0.2) is 8.42 Å². The third-order valence-electron chi connectivity index (χ3n) is 2.04. The number of anilines is 2. The van der Waals surface area contributed by atoms with Crippen molar-refractivity contribution in [2.24, 2.45) is 0 Å². The third-order valence-corrected chi connectivity index (χ3v) is 4.15. The van der Waals surface area contributed by atoms with Crippen LogP contribution in [0.1, 0.15) is 6.42 Å². The zero-order valence-corrected chi connectivity index (χ0v) is 11.8. The van der Waals surface area contributed by atoms with E-state index in [4.69, 9.17) is 10.5 Å². The molecule has 8 heteroatoms. The average molecular weight is 291 g/mol. The van der Waals surface area contributed by atoms with Crippen LogP contribution in [0, 0.1) is 0 Å². The van der Waals surface area contributed by atoms with Crippen molar-refractivity contribution in [2.75, 3.05) is 37.1 Å². The van der Waals surface area contributed by atoms with Crippen LogP contribution in [0.25, 0.3) is 0 Å². The summed E-state index contributed by atoms with van der Waals surface area (Å²) in [5, 5.41) is 3.42. The van der Waals surface area contributed by atoms with E-state index in [1.165, 1.54) is 0 Å². The predicted octanol–water partition coefficient (Wildman–Crippen LogP) is 1.13. The molecule has 1 heterocycles. The van der Waals surface area contributed by atoms with Crippen LogP contribution in [0.4, 0.5) is 10.8 Å². The van der Waals surface area contributed by atoms with Crippen molar-refractivity contribution in [2.45, 2.75) is 11.3 Å². The van der Waals surface area contributed by atoms with Gasteiger partial charge >= 0.3 is 0 Å². The van der Waals surface area contributed by atoms with Gasteiger partial charge in [0.15, 0.2) is 15.7 Å². The minimum absolute atomic E-state index is 0.0394. The number of ether oxygens (including phenoxy) is 1. The van der Waals surface area contributed by atoms with E-state index < -0.39 is 9.84 Å². The number of hydrogen-bond acceptors (Lipinski definition) is 7. The summed E-state index contributed by atoms with van der Waals surface area (Å²) in [4.78, 5) is 0.0681. The maximum Gasteiger partial charge on any atom is 0.182 e. The van der Waals surface area contributed by atoms with Gasteiger partial charge in [0, 0.05) is 12.8 Å². The molecule has 0 saturated carbocycles. The Bertz CT molecular complexity index is 496. The quantitative estimate of drug-likeness (QED) is 0.551. The van der Waals surface area contributed by atoms with Crippen molar-refractivity contribution >= 4 is 32.2 Å². The smallest absolute Gasteiger partial charge is 0.182 e. The molecule has 1 aromatic rings. The van der Waals surface area contributed by atoms with E-state index >= 15 is 0 Å². The molecule has 0 unspecified atom stereocenters. The molecular formula is C10H17N3O3S2. The zero-order valence-electron chi connectivity index (χ0n) is 10.2. The minimum Gasteiger partial charge on any atom is -0.382 e. The highest BCUT2D eigenvalue weighted by Crippen LogP contribution is 2.30. The Kier molecular flexibility index (Phi) is 5.57. The summed E-state index contributed by atoms with van der Waals surface area (Å²) in [5.74, 6) is 0.0394. The molecule has 6 nitrogen and oxygen atoms in total. The lowest BCUT2D eigenvalue weighted by Gasteiger charge is -2.06. The van der Waals surface area contributed by atoms with Crippen molar-refractivity contribution in [3.63, 3.8) is 0 Å². The summed E-state index contributed by atoms with van der Waals surface area (Å²) in [7, 11) is -3.37. The first-order chi connectivity index (χ1) is 8.46. The van der Waals surface area contributed by atoms with E-state index in [1.54, 1.807) is 6.08 Å². The van der Waals surface area contributed by atoms with Gasteiger partial charge < -0.3 is 15.8 Å². The van der Waals surface area contributed by atoms with E-state index in [-0.39, 0.29) is 10.7 Å². The molecular weight excluding hydrogens is 274 g/mol. The lowest BCUT2D eigenvalue weighted by molar-refractivity contribution is 0.149. The minimum atomic E-state index is -3.37. The molecule has 3 N–H and O–H groups in total. The highest BCUT2D eigenvalue weighted by Gasteiger charge is 2.20. The molecule has 0 aromatic carbocycles. The van der Waals surface area contributed by atoms with Crippen LogP contribution in [0.15, 0.2) is 17.6 Å². The lowest BCUT2D eigenvalue weighted by atomic mass is 10.4. The van der Waals surface area contributed by atoms with Gasteiger partial charge in [0.2, 0.25) is 0 Å². The molecule has 0 fully saturated rings. The van der Waals surface area contributed by atoms with Crippen molar-refractivity contribution in [1.82, 2.24) is 4.37 Å². The Morgan fingerprint density at radius 1 is 1.56 bits per heavy atom. The molecule has 0 radical (unpaired) electrons. The summed E-state index contributed by atoms with van der Waals surface area (Å²) < 4.78 is 32.2. The number of nitrogens with one attached hydrogen (secondary N) is 1. The summed E-state index contributed by atoms with van der Waals surface area (Å²) in [5.41, 5.74) is 5.54. The molecule has 0 aliphatic carbocycles. The van der Waals surface area contributed by atoms with Crippen molar-refractivity contribution < 1.29 is 13.2 Å². The van der Waals surface area contributed by atoms with Crippen LogP contribution in [0.5, 0.6) is 0 Å². The first-order valence-corrected chi connectivity index (χ1v) is 8.01. The monoisotopic (exact) mass is 291 g/mol. The number of nitrogens with zero attached hydrogens (tertiary/aromatic N) is 1. The molecule has 0 saturated heterocycles. The molecule has 1 rings (SSSR count). The topological polar surface area (TPSA) is 94.3 Å². The van der Waals surface area contributed by atoms with Gasteiger partial charge in [-0.05, 0) is 18.0 Å². The molecule has 0 bridgehead atoms. The molecule has 18 heavy (non-hydrogen) atoms. The van der Waals surface area contributed by atoms with Crippen molar-refractivity contribution in [3.05, 3.63) is 12.7 Å². The van der Waals surface area contributed by atoms with Crippen LogP contribution in [-0.4, -0.2) is 38.8 Å². The van der Waals surface area contributed by atoms with E-state index in [0.717, 1.165) is 24.2 Å². The predicted molar refractivity (Wildman–Crippen MR) is 73.8 cm³/mol. The van der Waals surface area contributed by atoms with Gasteiger partial charge in [-0.2, -0.15) is 4.37 Å². The first kappa shape index (κ1) is 14.9. The number of nitrogen functional groups attached to an aromatic ring is 1. The summed E-state index contributed by atoms with van der Waals surface area (Å²) in [6.45, 7) is 5.17. The molecule has 1 aromatic heterocycles. The van der Waals surface area contributed by atoms with E-state index in [0.29, 0.717) is 24.8 Å². The fourth-order valence-corrected chi connectivity index (χ4v) is 3.36. The largest absolute Gasteiger partial charge is 0.382 e. The summed E-state index contributed by atoms with van der Waals surface area (Å²) in [6.07, 6.45) is 3.68. The fraction of sp³-hybridized carbons (Fsp3) is 0.500. The molecule has 0 atom stereocenters. The summed E-state index contributed by atoms with van der Waals surface area (Å²) in [6, 6.07) is 0. The van der Waals surface area contributed by atoms with Crippen molar-refractivity contribution in [3.8, 4) is 0 Å². The van der Waals surface area contributed by atoms with Gasteiger partial charge in [-0.15, -0.1) is 6.58 Å². The summed E-state index contributed by atoms with van der Waals surface area (Å²) >= 11 is 1.03. The molecule has 0 aliphatic heterocycles. The maximum absolute atomic E-state index is 11.5. The van der Waals surface area contributed by atoms with Crippen LogP contribution >= 0.6 is 11.5 Å². The second-order valence-corrected chi connectivity index (χ2v) is 6.34. The Morgan fingerprint density at radius 2 is 2.28 bits per heavy atom. The van der Waals surface area contributed by atoms with Crippen molar-refractivity contribution in [1.29, 1.82) is 0 Å². The van der Waals surface area contributed by atoms with Crippen LogP contribution < -0.4 is 11.1 Å². The highest BCUT2D eigenvalue weighted by molar-refractivity contribution is 7.91. The van der Waals surface area contributed by atoms with E-state index in [2.05, 4.69) is 16.3 Å². The van der Waals surface area contributed by atoms with Gasteiger partial charge in [0.1, 0.15) is 9.90 Å². The maximum atomic E-state index is 11.5. The van der Waals surface area contributed by atoms with E-state index in [1.807, 2.05) is 0 Å². The molecule has 102 valence electrons. The highest BCUT2D eigenvalue weighted by atomic mass is 32.2. The second kappa shape index (κ2) is 6.72. The molecule has 0 aliphatic rings. The number of aromatic nitrogens is 1. The number of sulfone groups is 1. The Balaban J connectivity index is 2.51. The van der Waals surface area contributed by atoms with Gasteiger partial charge in [-0.3, -0.25) is 0 Å². The number of nitrogens with two attached hydrogens (primary N) is 1. The van der Waals surface area contributed by atoms with Gasteiger partial charge in [-0.1, -0.05) is 6.08 Å². The van der Waals surface area contributed by atoms with Crippen LogP contribution in [0.2, 0.25) is 0 Å². The lowest BCUT2D eigenvalue weighted by Crippen LogP contribution is -2.11. The second-order valence-electron chi connectivity index (χ2n) is 3.61. The van der Waals surface area contributed by atoms with Gasteiger partial charge in [0.05, 0.1) is 13.2 Å². The molecule has 0 amide bonds. The first-order valence-electron chi connectivity index (χ1n) is 5.34. The standard InChI is InChI=1S/C10H17N3O3S2/c1-3-4-6-16-7-5-12-10-8(18(2,14)15)9(11)13-17-10/h3,12H,1,4-7H2,2H3,(H2,11,13). The van der Waals surface area contributed by atoms with Gasteiger partial charge in [0.25, 0.3) is 0 Å². The zero-order chi connectivity index (χ0) is 13.6. The molecule has 0 spiro atoms. The normalized spacial score (nSPS) is 11.4. The fourth-order valence-electron chi connectivity index (χ4n) is 1.27. The third kappa shape index (κ3) is 4.28. The Hall–Kier alpha value is -1.12. The van der Waals surface area contributed by atoms with Crippen LogP contribution in [-0.2, 0) is 14.6 Å². The van der Waals surface area contributed by atoms with Crippen LogP contribution in [0.3, 0.4) is 0 Å². The number of rotatable bonds is 8.